The van der Waals surface area contributed by atoms with Gasteiger partial charge in [0.1, 0.15) is 0 Å². The van der Waals surface area contributed by atoms with Crippen LogP contribution in [0.1, 0.15) is 13.3 Å². The van der Waals surface area contributed by atoms with Crippen molar-refractivity contribution in [2.75, 3.05) is 31.0 Å². The van der Waals surface area contributed by atoms with E-state index in [0.717, 1.165) is 0 Å². The lowest BCUT2D eigenvalue weighted by molar-refractivity contribution is 0.461. The zero-order valence-corrected chi connectivity index (χ0v) is 11.7. The lowest BCUT2D eigenvalue weighted by Crippen LogP contribution is -2.42. The van der Waals surface area contributed by atoms with Crippen molar-refractivity contribution < 1.29 is 8.42 Å². The van der Waals surface area contributed by atoms with E-state index < -0.39 is 10.2 Å². The molecule has 6 heteroatoms. The minimum Gasteiger partial charge on any atom is -0.330 e. The van der Waals surface area contributed by atoms with Gasteiger partial charge >= 0.3 is 10.2 Å². The zero-order chi connectivity index (χ0) is 13.6. The third-order valence-electron chi connectivity index (χ3n) is 2.68. The van der Waals surface area contributed by atoms with Crippen molar-refractivity contribution in [2.24, 2.45) is 5.73 Å². The standard InChI is InChI=1S/C12H21N3O2S/c1-3-15(12-8-5-4-6-9-12)18(16,17)14(2)11-7-10-13/h4-6,8-9H,3,7,10-11,13H2,1-2H3. The van der Waals surface area contributed by atoms with Crippen molar-refractivity contribution >= 4 is 15.9 Å². The average molecular weight is 271 g/mol. The molecule has 2 N–H and O–H groups in total. The monoisotopic (exact) mass is 271 g/mol. The van der Waals surface area contributed by atoms with Gasteiger partial charge < -0.3 is 5.73 Å². The summed E-state index contributed by atoms with van der Waals surface area (Å²) in [6.45, 7) is 3.14. The Morgan fingerprint density at radius 2 is 1.83 bits per heavy atom. The van der Waals surface area contributed by atoms with E-state index in [4.69, 9.17) is 5.73 Å². The second-order valence-corrected chi connectivity index (χ2v) is 5.93. The van der Waals surface area contributed by atoms with E-state index in [0.29, 0.717) is 31.7 Å². The molecule has 0 spiro atoms. The number of hydrogen-bond donors (Lipinski definition) is 1. The highest BCUT2D eigenvalue weighted by Crippen LogP contribution is 2.18. The molecule has 0 radical (unpaired) electrons. The molecule has 1 rings (SSSR count). The highest BCUT2D eigenvalue weighted by atomic mass is 32.2. The van der Waals surface area contributed by atoms with Crippen molar-refractivity contribution in [1.29, 1.82) is 0 Å². The van der Waals surface area contributed by atoms with Crippen molar-refractivity contribution in [3.05, 3.63) is 30.3 Å². The maximum atomic E-state index is 12.4. The molecule has 0 atom stereocenters. The number of nitrogens with zero attached hydrogens (tertiary/aromatic N) is 2. The summed E-state index contributed by atoms with van der Waals surface area (Å²) in [5, 5.41) is 0. The Morgan fingerprint density at radius 1 is 1.22 bits per heavy atom. The second-order valence-electron chi connectivity index (χ2n) is 3.97. The summed E-state index contributed by atoms with van der Waals surface area (Å²) in [6, 6.07) is 9.10. The molecule has 0 unspecified atom stereocenters. The summed E-state index contributed by atoms with van der Waals surface area (Å²) in [4.78, 5) is 0. The Morgan fingerprint density at radius 3 is 2.33 bits per heavy atom. The number of para-hydroxylation sites is 1. The average Bonchev–Trinajstić information content (AvgIpc) is 2.37. The van der Waals surface area contributed by atoms with Gasteiger partial charge in [-0.2, -0.15) is 12.7 Å². The Balaban J connectivity index is 2.94. The van der Waals surface area contributed by atoms with Gasteiger partial charge in [-0.25, -0.2) is 0 Å². The van der Waals surface area contributed by atoms with Crippen LogP contribution in [0, 0.1) is 0 Å². The predicted octanol–water partition coefficient (Wildman–Crippen LogP) is 1.04. The van der Waals surface area contributed by atoms with Crippen LogP contribution in [-0.4, -0.2) is 39.4 Å². The third kappa shape index (κ3) is 3.44. The maximum Gasteiger partial charge on any atom is 0.303 e. The van der Waals surface area contributed by atoms with Gasteiger partial charge in [0.15, 0.2) is 0 Å². The smallest absolute Gasteiger partial charge is 0.303 e. The minimum absolute atomic E-state index is 0.402. The van der Waals surface area contributed by atoms with Gasteiger partial charge in [-0.3, -0.25) is 4.31 Å². The molecule has 1 aromatic rings. The molecule has 0 aliphatic heterocycles. The van der Waals surface area contributed by atoms with Gasteiger partial charge in [-0.1, -0.05) is 18.2 Å². The first-order chi connectivity index (χ1) is 8.54. The van der Waals surface area contributed by atoms with Crippen molar-refractivity contribution in [1.82, 2.24) is 4.31 Å². The summed E-state index contributed by atoms with van der Waals surface area (Å²) < 4.78 is 27.5. The molecule has 0 fully saturated rings. The lowest BCUT2D eigenvalue weighted by Gasteiger charge is -2.28. The van der Waals surface area contributed by atoms with Crippen LogP contribution >= 0.6 is 0 Å². The third-order valence-corrected chi connectivity index (χ3v) is 4.68. The molecule has 0 aromatic heterocycles. The largest absolute Gasteiger partial charge is 0.330 e. The van der Waals surface area contributed by atoms with Crippen LogP contribution in [0.5, 0.6) is 0 Å². The van der Waals surface area contributed by atoms with Gasteiger partial charge in [-0.15, -0.1) is 0 Å². The minimum atomic E-state index is -3.47. The quantitative estimate of drug-likeness (QED) is 0.805. The molecule has 0 heterocycles. The van der Waals surface area contributed by atoms with Crippen LogP contribution in [0.4, 0.5) is 5.69 Å². The Kier molecular flexibility index (Phi) is 5.58. The summed E-state index contributed by atoms with van der Waals surface area (Å²) in [5.74, 6) is 0. The number of anilines is 1. The first-order valence-electron chi connectivity index (χ1n) is 6.03. The van der Waals surface area contributed by atoms with Gasteiger partial charge in [0.2, 0.25) is 0 Å². The first kappa shape index (κ1) is 14.9. The van der Waals surface area contributed by atoms with Gasteiger partial charge in [0, 0.05) is 20.1 Å². The fourth-order valence-corrected chi connectivity index (χ4v) is 3.08. The Labute approximate surface area is 109 Å². The first-order valence-corrected chi connectivity index (χ1v) is 7.42. The normalized spacial score (nSPS) is 11.8. The Hall–Kier alpha value is -1.11. The number of hydrogen-bond acceptors (Lipinski definition) is 3. The molecule has 0 aliphatic carbocycles. The SMILES string of the molecule is CCN(c1ccccc1)S(=O)(=O)N(C)CCCN. The lowest BCUT2D eigenvalue weighted by atomic mass is 10.3. The molecule has 0 saturated heterocycles. The highest BCUT2D eigenvalue weighted by molar-refractivity contribution is 7.90. The van der Waals surface area contributed by atoms with E-state index >= 15 is 0 Å². The molecule has 0 amide bonds. The molecule has 102 valence electrons. The van der Waals surface area contributed by atoms with Gasteiger partial charge in [0.25, 0.3) is 0 Å². The number of nitrogens with two attached hydrogens (primary N) is 1. The molecular formula is C12H21N3O2S. The molecule has 1 aromatic carbocycles. The van der Waals surface area contributed by atoms with E-state index in [2.05, 4.69) is 0 Å². The van der Waals surface area contributed by atoms with Crippen LogP contribution < -0.4 is 10.0 Å². The maximum absolute atomic E-state index is 12.4. The van der Waals surface area contributed by atoms with Crippen LogP contribution in [0.25, 0.3) is 0 Å². The van der Waals surface area contributed by atoms with Crippen molar-refractivity contribution in [3.63, 3.8) is 0 Å². The molecule has 0 saturated carbocycles. The van der Waals surface area contributed by atoms with E-state index in [1.54, 1.807) is 19.2 Å². The predicted molar refractivity (Wildman–Crippen MR) is 74.7 cm³/mol. The van der Waals surface area contributed by atoms with Gasteiger partial charge in [-0.05, 0) is 32.0 Å². The van der Waals surface area contributed by atoms with Crippen LogP contribution in [0.15, 0.2) is 30.3 Å². The Bertz CT molecular complexity index is 448. The summed E-state index contributed by atoms with van der Waals surface area (Å²) in [5.41, 5.74) is 6.08. The van der Waals surface area contributed by atoms with E-state index in [9.17, 15) is 8.42 Å². The summed E-state index contributed by atoms with van der Waals surface area (Å²) in [7, 11) is -1.89. The van der Waals surface area contributed by atoms with Crippen LogP contribution in [0.2, 0.25) is 0 Å². The fourth-order valence-electron chi connectivity index (χ4n) is 1.67. The van der Waals surface area contributed by atoms with Crippen molar-refractivity contribution in [3.8, 4) is 0 Å². The molecule has 0 bridgehead atoms. The van der Waals surface area contributed by atoms with Crippen LogP contribution in [0.3, 0.4) is 0 Å². The summed E-state index contributed by atoms with van der Waals surface area (Å²) >= 11 is 0. The number of rotatable bonds is 7. The molecular weight excluding hydrogens is 250 g/mol. The molecule has 18 heavy (non-hydrogen) atoms. The summed E-state index contributed by atoms with van der Waals surface area (Å²) in [6.07, 6.45) is 0.655. The zero-order valence-electron chi connectivity index (χ0n) is 10.9. The number of benzene rings is 1. The van der Waals surface area contributed by atoms with Crippen LogP contribution in [-0.2, 0) is 10.2 Å². The van der Waals surface area contributed by atoms with E-state index in [1.165, 1.54) is 8.61 Å². The second kappa shape index (κ2) is 6.72. The highest BCUT2D eigenvalue weighted by Gasteiger charge is 2.25. The van der Waals surface area contributed by atoms with Crippen molar-refractivity contribution in [2.45, 2.75) is 13.3 Å². The molecule has 0 aliphatic rings. The topological polar surface area (TPSA) is 66.6 Å². The fraction of sp³-hybridized carbons (Fsp3) is 0.500. The van der Waals surface area contributed by atoms with Gasteiger partial charge in [0.05, 0.1) is 5.69 Å². The van der Waals surface area contributed by atoms with E-state index in [1.807, 2.05) is 25.1 Å². The van der Waals surface area contributed by atoms with E-state index in [-0.39, 0.29) is 0 Å². The molecule has 5 nitrogen and oxygen atoms in total.